The molecule has 1 heterocycles. The van der Waals surface area contributed by atoms with Gasteiger partial charge < -0.3 is 15.2 Å². The zero-order valence-corrected chi connectivity index (χ0v) is 11.6. The highest BCUT2D eigenvalue weighted by atomic mass is 35.5. The van der Waals surface area contributed by atoms with E-state index in [-0.39, 0.29) is 0 Å². The van der Waals surface area contributed by atoms with Crippen LogP contribution < -0.4 is 5.32 Å². The average Bonchev–Trinajstić information content (AvgIpc) is 2.29. The van der Waals surface area contributed by atoms with Gasteiger partial charge in [-0.1, -0.05) is 18.5 Å². The Labute approximate surface area is 113 Å². The van der Waals surface area contributed by atoms with Gasteiger partial charge in [0.25, 0.3) is 0 Å². The summed E-state index contributed by atoms with van der Waals surface area (Å²) in [4.78, 5) is 8.49. The monoisotopic (exact) mass is 273 g/mol. The minimum atomic E-state index is -0.463. The molecular weight excluding hydrogens is 254 g/mol. The maximum absolute atomic E-state index is 9.50. The molecule has 0 amide bonds. The number of hydrogen-bond acceptors (Lipinski definition) is 5. The zero-order valence-electron chi connectivity index (χ0n) is 10.8. The number of rotatable bonds is 8. The third-order valence-electron chi connectivity index (χ3n) is 2.36. The Balaban J connectivity index is 2.46. The smallest absolute Gasteiger partial charge is 0.134 e. The van der Waals surface area contributed by atoms with Crippen molar-refractivity contribution < 1.29 is 9.84 Å². The second kappa shape index (κ2) is 8.24. The molecule has 1 aromatic heterocycles. The maximum Gasteiger partial charge on any atom is 0.134 e. The molecule has 0 saturated carbocycles. The fraction of sp³-hybridized carbons (Fsp3) is 0.667. The first-order chi connectivity index (χ1) is 8.65. The quantitative estimate of drug-likeness (QED) is 0.708. The van der Waals surface area contributed by atoms with Gasteiger partial charge in [0.2, 0.25) is 0 Å². The lowest BCUT2D eigenvalue weighted by Crippen LogP contribution is -2.18. The number of methoxy groups -OCH3 is 1. The molecule has 1 aromatic rings. The highest BCUT2D eigenvalue weighted by Gasteiger charge is 2.05. The molecule has 0 aliphatic rings. The van der Waals surface area contributed by atoms with Crippen molar-refractivity contribution in [1.29, 1.82) is 0 Å². The third-order valence-corrected chi connectivity index (χ3v) is 2.55. The summed E-state index contributed by atoms with van der Waals surface area (Å²) in [6.07, 6.45) is 1.92. The molecule has 1 rings (SSSR count). The van der Waals surface area contributed by atoms with Gasteiger partial charge in [0, 0.05) is 26.1 Å². The van der Waals surface area contributed by atoms with Crippen molar-refractivity contribution in [2.75, 3.05) is 25.6 Å². The number of ether oxygens (including phenoxy) is 1. The molecule has 0 spiro atoms. The number of anilines is 1. The van der Waals surface area contributed by atoms with E-state index in [1.54, 1.807) is 13.2 Å². The van der Waals surface area contributed by atoms with Crippen molar-refractivity contribution >= 4 is 17.4 Å². The Morgan fingerprint density at radius 2 is 2.28 bits per heavy atom. The highest BCUT2D eigenvalue weighted by molar-refractivity contribution is 6.29. The Morgan fingerprint density at radius 3 is 2.94 bits per heavy atom. The molecule has 0 radical (unpaired) electrons. The lowest BCUT2D eigenvalue weighted by atomic mass is 10.2. The molecule has 5 nitrogen and oxygen atoms in total. The van der Waals surface area contributed by atoms with Gasteiger partial charge in [-0.25, -0.2) is 9.97 Å². The topological polar surface area (TPSA) is 67.3 Å². The first kappa shape index (κ1) is 15.1. The van der Waals surface area contributed by atoms with Gasteiger partial charge in [0.1, 0.15) is 16.8 Å². The van der Waals surface area contributed by atoms with Crippen LogP contribution in [0.1, 0.15) is 25.6 Å². The van der Waals surface area contributed by atoms with Gasteiger partial charge in [-0.15, -0.1) is 0 Å². The Morgan fingerprint density at radius 1 is 1.50 bits per heavy atom. The summed E-state index contributed by atoms with van der Waals surface area (Å²) in [5.41, 5.74) is 0. The van der Waals surface area contributed by atoms with E-state index in [1.165, 1.54) is 0 Å². The maximum atomic E-state index is 9.50. The molecule has 18 heavy (non-hydrogen) atoms. The summed E-state index contributed by atoms with van der Waals surface area (Å²) < 4.78 is 4.85. The summed E-state index contributed by atoms with van der Waals surface area (Å²) in [6, 6.07) is 1.68. The van der Waals surface area contributed by atoms with Gasteiger partial charge in [-0.3, -0.25) is 0 Å². The lowest BCUT2D eigenvalue weighted by molar-refractivity contribution is 0.0615. The number of aryl methyl sites for hydroxylation is 1. The van der Waals surface area contributed by atoms with Crippen molar-refractivity contribution in [3.63, 3.8) is 0 Å². The van der Waals surface area contributed by atoms with Crippen LogP contribution in [-0.4, -0.2) is 41.4 Å². The summed E-state index contributed by atoms with van der Waals surface area (Å²) >= 11 is 5.92. The van der Waals surface area contributed by atoms with Crippen LogP contribution in [-0.2, 0) is 11.2 Å². The minimum absolute atomic E-state index is 0.341. The van der Waals surface area contributed by atoms with Crippen LogP contribution in [0, 0.1) is 0 Å². The van der Waals surface area contributed by atoms with Crippen LogP contribution >= 0.6 is 11.6 Å². The fourth-order valence-electron chi connectivity index (χ4n) is 1.53. The number of nitrogens with one attached hydrogen (secondary N) is 1. The van der Waals surface area contributed by atoms with E-state index in [0.29, 0.717) is 30.5 Å². The van der Waals surface area contributed by atoms with Crippen LogP contribution in [0.15, 0.2) is 6.07 Å². The number of halogens is 1. The Kier molecular flexibility index (Phi) is 6.93. The number of aromatic nitrogens is 2. The molecule has 0 aliphatic heterocycles. The lowest BCUT2D eigenvalue weighted by Gasteiger charge is -2.11. The van der Waals surface area contributed by atoms with Crippen molar-refractivity contribution in [3.05, 3.63) is 17.0 Å². The molecule has 6 heteroatoms. The van der Waals surface area contributed by atoms with E-state index in [4.69, 9.17) is 16.3 Å². The van der Waals surface area contributed by atoms with Crippen LogP contribution in [0.25, 0.3) is 0 Å². The molecule has 0 bridgehead atoms. The zero-order chi connectivity index (χ0) is 13.4. The molecule has 0 saturated heterocycles. The van der Waals surface area contributed by atoms with Crippen molar-refractivity contribution in [2.45, 2.75) is 32.3 Å². The summed E-state index contributed by atoms with van der Waals surface area (Å²) in [5, 5.41) is 13.1. The van der Waals surface area contributed by atoms with Crippen molar-refractivity contribution in [1.82, 2.24) is 9.97 Å². The molecule has 1 atom stereocenters. The van der Waals surface area contributed by atoms with E-state index >= 15 is 0 Å². The first-order valence-corrected chi connectivity index (χ1v) is 6.47. The predicted molar refractivity (Wildman–Crippen MR) is 72.0 cm³/mol. The molecule has 0 fully saturated rings. The van der Waals surface area contributed by atoms with E-state index in [2.05, 4.69) is 22.2 Å². The second-order valence-corrected chi connectivity index (χ2v) is 4.45. The third kappa shape index (κ3) is 5.62. The summed E-state index contributed by atoms with van der Waals surface area (Å²) in [7, 11) is 1.57. The van der Waals surface area contributed by atoms with Gasteiger partial charge in [-0.05, 0) is 12.8 Å². The van der Waals surface area contributed by atoms with Crippen molar-refractivity contribution in [3.8, 4) is 0 Å². The normalized spacial score (nSPS) is 12.4. The Hall–Kier alpha value is -0.910. The Bertz CT molecular complexity index is 363. The van der Waals surface area contributed by atoms with Gasteiger partial charge >= 0.3 is 0 Å². The predicted octanol–water partition coefficient (Wildman–Crippen LogP) is 1.89. The van der Waals surface area contributed by atoms with Crippen LogP contribution in [0.4, 0.5) is 5.82 Å². The molecular formula is C12H20ClN3O2. The number of hydrogen-bond donors (Lipinski definition) is 2. The molecule has 1 unspecified atom stereocenters. The van der Waals surface area contributed by atoms with Crippen LogP contribution in [0.2, 0.25) is 5.15 Å². The second-order valence-electron chi connectivity index (χ2n) is 4.07. The van der Waals surface area contributed by atoms with Gasteiger partial charge in [0.15, 0.2) is 0 Å². The van der Waals surface area contributed by atoms with E-state index < -0.39 is 6.10 Å². The molecule has 2 N–H and O–H groups in total. The largest absolute Gasteiger partial charge is 0.391 e. The summed E-state index contributed by atoms with van der Waals surface area (Å²) in [6.45, 7) is 3.02. The van der Waals surface area contributed by atoms with Gasteiger partial charge in [0.05, 0.1) is 12.7 Å². The standard InChI is InChI=1S/C12H20ClN3O2/c1-3-4-11-15-10(13)7-12(16-11)14-6-5-9(17)8-18-2/h7,9,17H,3-6,8H2,1-2H3,(H,14,15,16). The van der Waals surface area contributed by atoms with Crippen molar-refractivity contribution in [2.24, 2.45) is 0 Å². The molecule has 0 aliphatic carbocycles. The van der Waals surface area contributed by atoms with Gasteiger partial charge in [-0.2, -0.15) is 0 Å². The molecule has 0 aromatic carbocycles. The summed E-state index contributed by atoms with van der Waals surface area (Å²) in [5.74, 6) is 1.44. The fourth-order valence-corrected chi connectivity index (χ4v) is 1.73. The first-order valence-electron chi connectivity index (χ1n) is 6.10. The average molecular weight is 274 g/mol. The highest BCUT2D eigenvalue weighted by Crippen LogP contribution is 2.12. The number of nitrogens with zero attached hydrogens (tertiary/aromatic N) is 2. The van der Waals surface area contributed by atoms with E-state index in [1.807, 2.05) is 0 Å². The number of aliphatic hydroxyl groups is 1. The van der Waals surface area contributed by atoms with E-state index in [0.717, 1.165) is 18.7 Å². The SMILES string of the molecule is CCCc1nc(Cl)cc(NCCC(O)COC)n1. The van der Waals surface area contributed by atoms with Crippen LogP contribution in [0.5, 0.6) is 0 Å². The van der Waals surface area contributed by atoms with Crippen LogP contribution in [0.3, 0.4) is 0 Å². The number of aliphatic hydroxyl groups excluding tert-OH is 1. The molecule has 102 valence electrons. The minimum Gasteiger partial charge on any atom is -0.391 e. The van der Waals surface area contributed by atoms with E-state index in [9.17, 15) is 5.11 Å².